The number of hydrazine groups is 1. The molecule has 3 N–H and O–H groups in total. The van der Waals surface area contributed by atoms with E-state index in [1.54, 1.807) is 13.2 Å². The third kappa shape index (κ3) is 4.74. The Bertz CT molecular complexity index is 325. The molecule has 0 aliphatic rings. The van der Waals surface area contributed by atoms with E-state index in [2.05, 4.69) is 10.4 Å². The van der Waals surface area contributed by atoms with Crippen LogP contribution in [0.3, 0.4) is 0 Å². The Morgan fingerprint density at radius 1 is 1.47 bits per heavy atom. The summed E-state index contributed by atoms with van der Waals surface area (Å²) in [5.41, 5.74) is 3.07. The SMILES string of the molecule is COCCOCCC(NN)c1ccncc1F. The average Bonchev–Trinajstić information content (AvgIpc) is 2.35. The van der Waals surface area contributed by atoms with E-state index in [1.807, 2.05) is 0 Å². The summed E-state index contributed by atoms with van der Waals surface area (Å²) in [5.74, 6) is 5.03. The van der Waals surface area contributed by atoms with Gasteiger partial charge in [-0.25, -0.2) is 4.39 Å². The van der Waals surface area contributed by atoms with Crippen LogP contribution in [0.25, 0.3) is 0 Å². The summed E-state index contributed by atoms with van der Waals surface area (Å²) in [5, 5.41) is 0. The van der Waals surface area contributed by atoms with Crippen molar-refractivity contribution in [2.75, 3.05) is 26.9 Å². The number of aromatic nitrogens is 1. The van der Waals surface area contributed by atoms with Crippen LogP contribution in [-0.2, 0) is 9.47 Å². The second-order valence-corrected chi connectivity index (χ2v) is 3.51. The molecule has 1 unspecified atom stereocenters. The van der Waals surface area contributed by atoms with Crippen molar-refractivity contribution in [3.05, 3.63) is 29.8 Å². The van der Waals surface area contributed by atoms with Gasteiger partial charge in [-0.1, -0.05) is 0 Å². The smallest absolute Gasteiger partial charge is 0.146 e. The van der Waals surface area contributed by atoms with Crippen molar-refractivity contribution in [2.24, 2.45) is 5.84 Å². The molecule has 0 radical (unpaired) electrons. The number of ether oxygens (including phenoxy) is 2. The standard InChI is InChI=1S/C11H18FN3O2/c1-16-6-7-17-5-3-11(15-13)9-2-4-14-8-10(9)12/h2,4,8,11,15H,3,5-7,13H2,1H3. The van der Waals surface area contributed by atoms with Crippen LogP contribution in [0.2, 0.25) is 0 Å². The fourth-order valence-electron chi connectivity index (χ4n) is 1.44. The largest absolute Gasteiger partial charge is 0.382 e. The van der Waals surface area contributed by atoms with E-state index in [-0.39, 0.29) is 11.9 Å². The Morgan fingerprint density at radius 3 is 2.94 bits per heavy atom. The van der Waals surface area contributed by atoms with Gasteiger partial charge in [0.15, 0.2) is 0 Å². The second kappa shape index (κ2) is 8.08. The van der Waals surface area contributed by atoms with Crippen molar-refractivity contribution in [2.45, 2.75) is 12.5 Å². The van der Waals surface area contributed by atoms with Crippen LogP contribution in [0.5, 0.6) is 0 Å². The third-order valence-corrected chi connectivity index (χ3v) is 2.36. The van der Waals surface area contributed by atoms with Gasteiger partial charge in [-0.2, -0.15) is 0 Å². The first-order valence-corrected chi connectivity index (χ1v) is 5.41. The van der Waals surface area contributed by atoms with Crippen molar-refractivity contribution >= 4 is 0 Å². The molecule has 1 rings (SSSR count). The van der Waals surface area contributed by atoms with Crippen LogP contribution in [0.15, 0.2) is 18.5 Å². The van der Waals surface area contributed by atoms with E-state index >= 15 is 0 Å². The number of methoxy groups -OCH3 is 1. The average molecular weight is 243 g/mol. The number of hydrogen-bond acceptors (Lipinski definition) is 5. The zero-order valence-corrected chi connectivity index (χ0v) is 9.86. The van der Waals surface area contributed by atoms with Crippen LogP contribution >= 0.6 is 0 Å². The van der Waals surface area contributed by atoms with Gasteiger partial charge in [-0.15, -0.1) is 0 Å². The first-order valence-electron chi connectivity index (χ1n) is 5.41. The van der Waals surface area contributed by atoms with Crippen LogP contribution in [0.1, 0.15) is 18.0 Å². The third-order valence-electron chi connectivity index (χ3n) is 2.36. The Labute approximate surface area is 100 Å². The molecule has 1 atom stereocenters. The summed E-state index contributed by atoms with van der Waals surface area (Å²) in [6, 6.07) is 1.33. The fraction of sp³-hybridized carbons (Fsp3) is 0.545. The lowest BCUT2D eigenvalue weighted by molar-refractivity contribution is 0.0656. The number of nitrogens with one attached hydrogen (secondary N) is 1. The highest BCUT2D eigenvalue weighted by molar-refractivity contribution is 5.17. The minimum Gasteiger partial charge on any atom is -0.382 e. The molecule has 5 nitrogen and oxygen atoms in total. The number of pyridine rings is 1. The van der Waals surface area contributed by atoms with Gasteiger partial charge in [-0.05, 0) is 12.5 Å². The highest BCUT2D eigenvalue weighted by Crippen LogP contribution is 2.18. The second-order valence-electron chi connectivity index (χ2n) is 3.51. The van der Waals surface area contributed by atoms with Gasteiger partial charge in [0.25, 0.3) is 0 Å². The highest BCUT2D eigenvalue weighted by atomic mass is 19.1. The van der Waals surface area contributed by atoms with Gasteiger partial charge in [0.1, 0.15) is 5.82 Å². The minimum atomic E-state index is -0.368. The monoisotopic (exact) mass is 243 g/mol. The quantitative estimate of drug-likeness (QED) is 0.401. The highest BCUT2D eigenvalue weighted by Gasteiger charge is 2.13. The maximum absolute atomic E-state index is 13.4. The predicted octanol–water partition coefficient (Wildman–Crippen LogP) is 0.778. The first kappa shape index (κ1) is 14.0. The maximum Gasteiger partial charge on any atom is 0.146 e. The van der Waals surface area contributed by atoms with Crippen LogP contribution in [0, 0.1) is 5.82 Å². The van der Waals surface area contributed by atoms with E-state index in [1.165, 1.54) is 12.4 Å². The zero-order valence-electron chi connectivity index (χ0n) is 9.86. The Balaban J connectivity index is 2.41. The summed E-state index contributed by atoms with van der Waals surface area (Å²) in [6.07, 6.45) is 3.29. The molecule has 0 aliphatic carbocycles. The van der Waals surface area contributed by atoms with Gasteiger partial charge in [0.2, 0.25) is 0 Å². The van der Waals surface area contributed by atoms with Crippen LogP contribution in [0.4, 0.5) is 4.39 Å². The van der Waals surface area contributed by atoms with E-state index in [4.69, 9.17) is 15.3 Å². The van der Waals surface area contributed by atoms with E-state index < -0.39 is 0 Å². The van der Waals surface area contributed by atoms with Gasteiger partial charge in [-0.3, -0.25) is 16.3 Å². The molecule has 0 amide bonds. The van der Waals surface area contributed by atoms with Gasteiger partial charge < -0.3 is 9.47 Å². The molecule has 96 valence electrons. The summed E-state index contributed by atoms with van der Waals surface area (Å²) >= 11 is 0. The molecule has 1 aromatic rings. The zero-order chi connectivity index (χ0) is 12.5. The lowest BCUT2D eigenvalue weighted by Gasteiger charge is -2.16. The topological polar surface area (TPSA) is 69.4 Å². The molecule has 0 saturated heterocycles. The Kier molecular flexibility index (Phi) is 6.64. The van der Waals surface area contributed by atoms with Crippen LogP contribution in [-0.4, -0.2) is 31.9 Å². The molecule has 6 heteroatoms. The van der Waals surface area contributed by atoms with E-state index in [9.17, 15) is 4.39 Å². The summed E-state index contributed by atoms with van der Waals surface area (Å²) < 4.78 is 23.6. The summed E-state index contributed by atoms with van der Waals surface area (Å²) in [6.45, 7) is 1.55. The molecule has 0 saturated carbocycles. The van der Waals surface area contributed by atoms with E-state index in [0.29, 0.717) is 31.8 Å². The Morgan fingerprint density at radius 2 is 2.29 bits per heavy atom. The molecule has 0 fully saturated rings. The molecular formula is C11H18FN3O2. The molecule has 17 heavy (non-hydrogen) atoms. The van der Waals surface area contributed by atoms with Gasteiger partial charge >= 0.3 is 0 Å². The lowest BCUT2D eigenvalue weighted by atomic mass is 10.1. The minimum absolute atomic E-state index is 0.277. The Hall–Kier alpha value is -1.08. The van der Waals surface area contributed by atoms with Crippen molar-refractivity contribution in [1.29, 1.82) is 0 Å². The van der Waals surface area contributed by atoms with Crippen LogP contribution < -0.4 is 11.3 Å². The number of hydrogen-bond donors (Lipinski definition) is 2. The summed E-state index contributed by atoms with van der Waals surface area (Å²) in [7, 11) is 1.61. The molecule has 0 bridgehead atoms. The van der Waals surface area contributed by atoms with Gasteiger partial charge in [0, 0.05) is 25.5 Å². The predicted molar refractivity (Wildman–Crippen MR) is 61.6 cm³/mol. The molecular weight excluding hydrogens is 225 g/mol. The normalized spacial score (nSPS) is 12.6. The lowest BCUT2D eigenvalue weighted by Crippen LogP contribution is -2.29. The number of nitrogens with two attached hydrogens (primary N) is 1. The van der Waals surface area contributed by atoms with Crippen molar-refractivity contribution in [1.82, 2.24) is 10.4 Å². The number of halogens is 1. The molecule has 0 spiro atoms. The summed E-state index contributed by atoms with van der Waals surface area (Å²) in [4.78, 5) is 3.69. The fourth-order valence-corrected chi connectivity index (χ4v) is 1.44. The van der Waals surface area contributed by atoms with Crippen molar-refractivity contribution < 1.29 is 13.9 Å². The number of nitrogens with zero attached hydrogens (tertiary/aromatic N) is 1. The maximum atomic E-state index is 13.4. The molecule has 0 aromatic carbocycles. The van der Waals surface area contributed by atoms with E-state index in [0.717, 1.165) is 0 Å². The van der Waals surface area contributed by atoms with Crippen molar-refractivity contribution in [3.63, 3.8) is 0 Å². The number of rotatable bonds is 8. The van der Waals surface area contributed by atoms with Crippen molar-refractivity contribution in [3.8, 4) is 0 Å². The molecule has 0 aliphatic heterocycles. The first-order chi connectivity index (χ1) is 8.29. The molecule has 1 aromatic heterocycles. The van der Waals surface area contributed by atoms with Gasteiger partial charge in [0.05, 0.1) is 25.5 Å². The molecule has 1 heterocycles.